The smallest absolute Gasteiger partial charge is 0.274 e. The van der Waals surface area contributed by atoms with Crippen molar-refractivity contribution in [3.05, 3.63) is 58.3 Å². The number of amides is 1. The molecule has 0 bridgehead atoms. The maximum Gasteiger partial charge on any atom is 0.274 e. The zero-order valence-corrected chi connectivity index (χ0v) is 12.2. The van der Waals surface area contributed by atoms with Crippen molar-refractivity contribution < 1.29 is 4.79 Å². The number of piperidine rings is 1. The van der Waals surface area contributed by atoms with Crippen molar-refractivity contribution in [3.8, 4) is 0 Å². The van der Waals surface area contributed by atoms with Crippen molar-refractivity contribution >= 4 is 5.91 Å². The molecule has 1 amide bonds. The standard InChI is InChI=1S/C16H18N4O2/c21-15-2-1-14(18-19-15)16(22)20-9-5-13(6-10-20)11-12-3-7-17-8-4-12/h1-4,7-8,13H,5-6,9-11H2,(H,19,21). The van der Waals surface area contributed by atoms with Gasteiger partial charge in [0, 0.05) is 31.5 Å². The zero-order valence-electron chi connectivity index (χ0n) is 12.2. The number of carbonyl (C=O) groups is 1. The number of likely N-dealkylation sites (tertiary alicyclic amines) is 1. The summed E-state index contributed by atoms with van der Waals surface area (Å²) in [7, 11) is 0. The van der Waals surface area contributed by atoms with Crippen molar-refractivity contribution in [2.24, 2.45) is 5.92 Å². The summed E-state index contributed by atoms with van der Waals surface area (Å²) in [6.07, 6.45) is 6.63. The van der Waals surface area contributed by atoms with E-state index >= 15 is 0 Å². The first-order chi connectivity index (χ1) is 10.7. The molecule has 0 spiro atoms. The lowest BCUT2D eigenvalue weighted by Gasteiger charge is -2.31. The first-order valence-corrected chi connectivity index (χ1v) is 7.46. The van der Waals surface area contributed by atoms with Crippen LogP contribution in [0.1, 0.15) is 28.9 Å². The molecule has 1 saturated heterocycles. The molecular weight excluding hydrogens is 280 g/mol. The van der Waals surface area contributed by atoms with E-state index in [-0.39, 0.29) is 11.5 Å². The molecule has 2 aromatic heterocycles. The number of hydrogen-bond acceptors (Lipinski definition) is 4. The van der Waals surface area contributed by atoms with E-state index in [1.54, 1.807) is 0 Å². The van der Waals surface area contributed by atoms with Crippen molar-refractivity contribution in [3.63, 3.8) is 0 Å². The minimum atomic E-state index is -0.299. The molecule has 3 heterocycles. The van der Waals surface area contributed by atoms with E-state index in [0.717, 1.165) is 32.4 Å². The molecule has 0 unspecified atom stereocenters. The molecule has 1 aliphatic rings. The van der Waals surface area contributed by atoms with E-state index in [2.05, 4.69) is 15.2 Å². The predicted octanol–water partition coefficient (Wildman–Crippen LogP) is 1.26. The van der Waals surface area contributed by atoms with Crippen molar-refractivity contribution in [2.45, 2.75) is 19.3 Å². The Hall–Kier alpha value is -2.50. The van der Waals surface area contributed by atoms with Crippen molar-refractivity contribution in [1.29, 1.82) is 0 Å². The maximum absolute atomic E-state index is 12.3. The second-order valence-electron chi connectivity index (χ2n) is 5.60. The number of aromatic amines is 1. The first-order valence-electron chi connectivity index (χ1n) is 7.46. The van der Waals surface area contributed by atoms with Gasteiger partial charge in [0.2, 0.25) is 0 Å². The quantitative estimate of drug-likeness (QED) is 0.925. The van der Waals surface area contributed by atoms with Gasteiger partial charge in [-0.2, -0.15) is 5.10 Å². The van der Waals surface area contributed by atoms with Crippen LogP contribution in [-0.4, -0.2) is 39.1 Å². The summed E-state index contributed by atoms with van der Waals surface area (Å²) < 4.78 is 0. The second-order valence-corrected chi connectivity index (χ2v) is 5.60. The fourth-order valence-corrected chi connectivity index (χ4v) is 2.82. The predicted molar refractivity (Wildman–Crippen MR) is 81.4 cm³/mol. The van der Waals surface area contributed by atoms with Crippen LogP contribution in [0.15, 0.2) is 41.5 Å². The van der Waals surface area contributed by atoms with Crippen LogP contribution in [-0.2, 0) is 6.42 Å². The van der Waals surface area contributed by atoms with Gasteiger partial charge in [0.1, 0.15) is 5.69 Å². The Kier molecular flexibility index (Phi) is 4.27. The molecule has 22 heavy (non-hydrogen) atoms. The number of rotatable bonds is 3. The van der Waals surface area contributed by atoms with Gasteiger partial charge in [-0.05, 0) is 48.9 Å². The van der Waals surface area contributed by atoms with E-state index in [9.17, 15) is 9.59 Å². The highest BCUT2D eigenvalue weighted by Crippen LogP contribution is 2.22. The molecule has 2 aromatic rings. The van der Waals surface area contributed by atoms with Gasteiger partial charge < -0.3 is 4.90 Å². The molecule has 3 rings (SSSR count). The number of hydrogen-bond donors (Lipinski definition) is 1. The Balaban J connectivity index is 1.56. The highest BCUT2D eigenvalue weighted by Gasteiger charge is 2.24. The largest absolute Gasteiger partial charge is 0.337 e. The third kappa shape index (κ3) is 3.39. The molecule has 0 aliphatic carbocycles. The van der Waals surface area contributed by atoms with Crippen molar-refractivity contribution in [1.82, 2.24) is 20.1 Å². The van der Waals surface area contributed by atoms with Gasteiger partial charge in [0.15, 0.2) is 0 Å². The Morgan fingerprint density at radius 1 is 1.18 bits per heavy atom. The maximum atomic E-state index is 12.3. The zero-order chi connectivity index (χ0) is 15.4. The minimum absolute atomic E-state index is 0.112. The van der Waals surface area contributed by atoms with Gasteiger partial charge in [0.05, 0.1) is 0 Å². The monoisotopic (exact) mass is 298 g/mol. The number of carbonyl (C=O) groups excluding carboxylic acids is 1. The van der Waals surface area contributed by atoms with Crippen LogP contribution in [0.5, 0.6) is 0 Å². The lowest BCUT2D eigenvalue weighted by molar-refractivity contribution is 0.0683. The van der Waals surface area contributed by atoms with Gasteiger partial charge in [-0.15, -0.1) is 0 Å². The van der Waals surface area contributed by atoms with E-state index in [1.807, 2.05) is 29.4 Å². The fraction of sp³-hybridized carbons (Fsp3) is 0.375. The van der Waals surface area contributed by atoms with E-state index in [1.165, 1.54) is 17.7 Å². The van der Waals surface area contributed by atoms with Crippen molar-refractivity contribution in [2.75, 3.05) is 13.1 Å². The van der Waals surface area contributed by atoms with Gasteiger partial charge >= 0.3 is 0 Å². The normalized spacial score (nSPS) is 15.7. The summed E-state index contributed by atoms with van der Waals surface area (Å²) in [5.74, 6) is 0.480. The first kappa shape index (κ1) is 14.4. The highest BCUT2D eigenvalue weighted by molar-refractivity contribution is 5.92. The molecule has 0 radical (unpaired) electrons. The molecule has 6 nitrogen and oxygen atoms in total. The molecule has 1 N–H and O–H groups in total. The van der Waals surface area contributed by atoms with Crippen LogP contribution in [0.4, 0.5) is 0 Å². The van der Waals surface area contributed by atoms with Gasteiger partial charge in [-0.1, -0.05) is 0 Å². The van der Waals surface area contributed by atoms with E-state index in [0.29, 0.717) is 11.6 Å². The minimum Gasteiger partial charge on any atom is -0.337 e. The summed E-state index contributed by atoms with van der Waals surface area (Å²) in [5, 5.41) is 6.11. The molecule has 6 heteroatoms. The van der Waals surface area contributed by atoms with E-state index < -0.39 is 0 Å². The highest BCUT2D eigenvalue weighted by atomic mass is 16.2. The summed E-state index contributed by atoms with van der Waals surface area (Å²) in [6, 6.07) is 6.89. The second kappa shape index (κ2) is 6.51. The van der Waals surface area contributed by atoms with Gasteiger partial charge in [-0.25, -0.2) is 5.10 Å². The van der Waals surface area contributed by atoms with Crippen LogP contribution in [0.2, 0.25) is 0 Å². The molecule has 0 saturated carbocycles. The molecule has 0 atom stereocenters. The van der Waals surface area contributed by atoms with Gasteiger partial charge in [-0.3, -0.25) is 14.6 Å². The average Bonchev–Trinajstić information content (AvgIpc) is 2.57. The van der Waals surface area contributed by atoms with Gasteiger partial charge in [0.25, 0.3) is 11.5 Å². The molecule has 1 aliphatic heterocycles. The summed E-state index contributed by atoms with van der Waals surface area (Å²) in [6.45, 7) is 1.46. The Morgan fingerprint density at radius 3 is 2.55 bits per heavy atom. The Labute approximate surface area is 128 Å². The average molecular weight is 298 g/mol. The number of nitrogens with one attached hydrogen (secondary N) is 1. The summed E-state index contributed by atoms with van der Waals surface area (Å²) in [4.78, 5) is 29.1. The van der Waals surface area contributed by atoms with Crippen LogP contribution in [0.3, 0.4) is 0 Å². The topological polar surface area (TPSA) is 79.0 Å². The lowest BCUT2D eigenvalue weighted by atomic mass is 9.90. The number of pyridine rings is 1. The lowest BCUT2D eigenvalue weighted by Crippen LogP contribution is -2.39. The third-order valence-electron chi connectivity index (χ3n) is 4.07. The molecule has 114 valence electrons. The van der Waals surface area contributed by atoms with Crippen LogP contribution in [0, 0.1) is 5.92 Å². The SMILES string of the molecule is O=C(c1ccc(=O)[nH]n1)N1CCC(Cc2ccncc2)CC1. The Bertz CT molecular complexity index is 670. The fourth-order valence-electron chi connectivity index (χ4n) is 2.82. The number of H-pyrrole nitrogens is 1. The summed E-state index contributed by atoms with van der Waals surface area (Å²) in [5.41, 5.74) is 1.29. The van der Waals surface area contributed by atoms with Crippen LogP contribution < -0.4 is 5.56 Å². The van der Waals surface area contributed by atoms with Crippen LogP contribution >= 0.6 is 0 Å². The third-order valence-corrected chi connectivity index (χ3v) is 4.07. The number of aromatic nitrogens is 3. The van der Waals surface area contributed by atoms with Crippen LogP contribution in [0.25, 0.3) is 0 Å². The summed E-state index contributed by atoms with van der Waals surface area (Å²) >= 11 is 0. The van der Waals surface area contributed by atoms with E-state index in [4.69, 9.17) is 0 Å². The molecule has 0 aromatic carbocycles. The molecular formula is C16H18N4O2. The number of nitrogens with zero attached hydrogens (tertiary/aromatic N) is 3. The Morgan fingerprint density at radius 2 is 1.91 bits per heavy atom. The molecule has 1 fully saturated rings.